The number of nitrogens with zero attached hydrogens (tertiary/aromatic N) is 2. The summed E-state index contributed by atoms with van der Waals surface area (Å²) in [6.07, 6.45) is 2.29. The number of fused-ring (bicyclic) bond motifs is 1. The molecule has 3 rings (SSSR count). The van der Waals surface area contributed by atoms with Crippen molar-refractivity contribution in [2.45, 2.75) is 32.7 Å². The predicted molar refractivity (Wildman–Crippen MR) is 79.0 cm³/mol. The quantitative estimate of drug-likeness (QED) is 0.831. The van der Waals surface area contributed by atoms with Crippen LogP contribution in [0.5, 0.6) is 0 Å². The number of likely N-dealkylation sites (tertiary alicyclic amines) is 1. The lowest BCUT2D eigenvalue weighted by atomic mass is 10.1. The molecule has 0 amide bonds. The topological polar surface area (TPSA) is 57.9 Å². The number of anilines is 1. The normalized spacial score (nSPS) is 24.3. The maximum absolute atomic E-state index is 5.78. The SMILES string of the molecule is CC1CC(C)N(CCc2nc3ccc(N)cc3[nH]2)C1. The van der Waals surface area contributed by atoms with Crippen LogP contribution in [-0.4, -0.2) is 34.0 Å². The molecule has 0 radical (unpaired) electrons. The Morgan fingerprint density at radius 1 is 1.42 bits per heavy atom. The van der Waals surface area contributed by atoms with Crippen LogP contribution in [0, 0.1) is 5.92 Å². The molecule has 0 aliphatic carbocycles. The van der Waals surface area contributed by atoms with Gasteiger partial charge < -0.3 is 10.7 Å². The fraction of sp³-hybridized carbons (Fsp3) is 0.533. The second-order valence-electron chi connectivity index (χ2n) is 5.89. The van der Waals surface area contributed by atoms with E-state index in [1.165, 1.54) is 13.0 Å². The number of nitrogens with one attached hydrogen (secondary N) is 1. The van der Waals surface area contributed by atoms with Crippen LogP contribution < -0.4 is 5.73 Å². The van der Waals surface area contributed by atoms with E-state index in [1.807, 2.05) is 18.2 Å². The molecule has 2 heterocycles. The lowest BCUT2D eigenvalue weighted by Gasteiger charge is -2.20. The van der Waals surface area contributed by atoms with Crippen LogP contribution in [0.15, 0.2) is 18.2 Å². The summed E-state index contributed by atoms with van der Waals surface area (Å²) in [5.41, 5.74) is 8.61. The van der Waals surface area contributed by atoms with Crippen molar-refractivity contribution in [3.63, 3.8) is 0 Å². The van der Waals surface area contributed by atoms with Gasteiger partial charge in [0.2, 0.25) is 0 Å². The Morgan fingerprint density at radius 3 is 3.00 bits per heavy atom. The molecule has 19 heavy (non-hydrogen) atoms. The molecular weight excluding hydrogens is 236 g/mol. The fourth-order valence-electron chi connectivity index (χ4n) is 3.15. The number of nitrogen functional groups attached to an aromatic ring is 1. The Balaban J connectivity index is 1.68. The Labute approximate surface area is 114 Å². The molecule has 4 heteroatoms. The molecular formula is C15H22N4. The van der Waals surface area contributed by atoms with E-state index in [9.17, 15) is 0 Å². The second kappa shape index (κ2) is 4.85. The molecule has 0 bridgehead atoms. The highest BCUT2D eigenvalue weighted by molar-refractivity contribution is 5.78. The van der Waals surface area contributed by atoms with Gasteiger partial charge in [-0.15, -0.1) is 0 Å². The summed E-state index contributed by atoms with van der Waals surface area (Å²) in [6.45, 7) is 6.96. The minimum Gasteiger partial charge on any atom is -0.399 e. The summed E-state index contributed by atoms with van der Waals surface area (Å²) in [7, 11) is 0. The van der Waals surface area contributed by atoms with Crippen LogP contribution in [0.4, 0.5) is 5.69 Å². The first kappa shape index (κ1) is 12.5. The molecule has 2 aromatic rings. The number of hydrogen-bond acceptors (Lipinski definition) is 3. The largest absolute Gasteiger partial charge is 0.399 e. The van der Waals surface area contributed by atoms with Gasteiger partial charge in [0.25, 0.3) is 0 Å². The lowest BCUT2D eigenvalue weighted by molar-refractivity contribution is 0.267. The van der Waals surface area contributed by atoms with Crippen molar-refractivity contribution in [1.29, 1.82) is 0 Å². The third-order valence-electron chi connectivity index (χ3n) is 4.10. The van der Waals surface area contributed by atoms with Crippen molar-refractivity contribution in [2.24, 2.45) is 5.92 Å². The first-order valence-corrected chi connectivity index (χ1v) is 7.10. The predicted octanol–water partition coefficient (Wildman–Crippen LogP) is 2.42. The van der Waals surface area contributed by atoms with Crippen molar-refractivity contribution in [3.8, 4) is 0 Å². The average molecular weight is 258 g/mol. The Hall–Kier alpha value is -1.55. The standard InChI is InChI=1S/C15H22N4/c1-10-7-11(2)19(9-10)6-5-15-17-13-4-3-12(16)8-14(13)18-15/h3-4,8,10-11H,5-7,9,16H2,1-2H3,(H,17,18). The number of hydrogen-bond donors (Lipinski definition) is 2. The highest BCUT2D eigenvalue weighted by Crippen LogP contribution is 2.22. The van der Waals surface area contributed by atoms with Crippen molar-refractivity contribution in [2.75, 3.05) is 18.8 Å². The average Bonchev–Trinajstić information content (AvgIpc) is 2.89. The molecule has 1 aromatic heterocycles. The third-order valence-corrected chi connectivity index (χ3v) is 4.10. The number of nitrogens with two attached hydrogens (primary N) is 1. The van der Waals surface area contributed by atoms with Crippen molar-refractivity contribution in [3.05, 3.63) is 24.0 Å². The van der Waals surface area contributed by atoms with Gasteiger partial charge in [0.1, 0.15) is 5.82 Å². The number of imidazole rings is 1. The van der Waals surface area contributed by atoms with E-state index in [-0.39, 0.29) is 0 Å². The lowest BCUT2D eigenvalue weighted by Crippen LogP contribution is -2.29. The summed E-state index contributed by atoms with van der Waals surface area (Å²) in [5, 5.41) is 0. The monoisotopic (exact) mass is 258 g/mol. The van der Waals surface area contributed by atoms with E-state index < -0.39 is 0 Å². The van der Waals surface area contributed by atoms with E-state index in [2.05, 4.69) is 28.7 Å². The zero-order chi connectivity index (χ0) is 13.4. The maximum Gasteiger partial charge on any atom is 0.108 e. The van der Waals surface area contributed by atoms with Gasteiger partial charge >= 0.3 is 0 Å². The van der Waals surface area contributed by atoms with E-state index in [0.717, 1.165) is 41.4 Å². The Bertz CT molecular complexity index is 575. The van der Waals surface area contributed by atoms with Gasteiger partial charge in [0.05, 0.1) is 11.0 Å². The van der Waals surface area contributed by atoms with Crippen LogP contribution in [0.3, 0.4) is 0 Å². The summed E-state index contributed by atoms with van der Waals surface area (Å²) < 4.78 is 0. The van der Waals surface area contributed by atoms with Crippen LogP contribution in [0.2, 0.25) is 0 Å². The number of rotatable bonds is 3. The van der Waals surface area contributed by atoms with Gasteiger partial charge in [-0.05, 0) is 37.5 Å². The molecule has 2 atom stereocenters. The van der Waals surface area contributed by atoms with E-state index >= 15 is 0 Å². The van der Waals surface area contributed by atoms with E-state index in [0.29, 0.717) is 6.04 Å². The molecule has 1 saturated heterocycles. The first-order valence-electron chi connectivity index (χ1n) is 7.10. The summed E-state index contributed by atoms with van der Waals surface area (Å²) in [5.74, 6) is 1.89. The number of aromatic nitrogens is 2. The number of aromatic amines is 1. The second-order valence-corrected chi connectivity index (χ2v) is 5.89. The van der Waals surface area contributed by atoms with Crippen LogP contribution in [0.25, 0.3) is 11.0 Å². The summed E-state index contributed by atoms with van der Waals surface area (Å²) >= 11 is 0. The van der Waals surface area contributed by atoms with Gasteiger partial charge in [-0.2, -0.15) is 0 Å². The van der Waals surface area contributed by atoms with E-state index in [1.54, 1.807) is 0 Å². The summed E-state index contributed by atoms with van der Waals surface area (Å²) in [6, 6.07) is 6.53. The molecule has 1 fully saturated rings. The third kappa shape index (κ3) is 2.59. The highest BCUT2D eigenvalue weighted by Gasteiger charge is 2.25. The Morgan fingerprint density at radius 2 is 2.26 bits per heavy atom. The smallest absolute Gasteiger partial charge is 0.108 e. The van der Waals surface area contributed by atoms with Gasteiger partial charge in [0.15, 0.2) is 0 Å². The maximum atomic E-state index is 5.78. The molecule has 1 aromatic carbocycles. The van der Waals surface area contributed by atoms with Gasteiger partial charge in [0, 0.05) is 31.2 Å². The van der Waals surface area contributed by atoms with Crippen molar-refractivity contribution < 1.29 is 0 Å². The zero-order valence-electron chi connectivity index (χ0n) is 11.7. The molecule has 0 spiro atoms. The molecule has 3 N–H and O–H groups in total. The minimum atomic E-state index is 0.704. The molecule has 1 aliphatic rings. The van der Waals surface area contributed by atoms with Crippen LogP contribution in [0.1, 0.15) is 26.1 Å². The highest BCUT2D eigenvalue weighted by atomic mass is 15.2. The summed E-state index contributed by atoms with van der Waals surface area (Å²) in [4.78, 5) is 10.6. The fourth-order valence-corrected chi connectivity index (χ4v) is 3.15. The molecule has 1 aliphatic heterocycles. The first-order chi connectivity index (χ1) is 9.11. The van der Waals surface area contributed by atoms with Crippen molar-refractivity contribution >= 4 is 16.7 Å². The van der Waals surface area contributed by atoms with Gasteiger partial charge in [-0.25, -0.2) is 4.98 Å². The molecule has 0 saturated carbocycles. The van der Waals surface area contributed by atoms with Gasteiger partial charge in [-0.1, -0.05) is 6.92 Å². The Kier molecular flexibility index (Phi) is 3.19. The number of benzene rings is 1. The number of H-pyrrole nitrogens is 1. The molecule has 102 valence electrons. The molecule has 4 nitrogen and oxygen atoms in total. The molecule has 2 unspecified atom stereocenters. The zero-order valence-corrected chi connectivity index (χ0v) is 11.7. The van der Waals surface area contributed by atoms with Crippen LogP contribution >= 0.6 is 0 Å². The van der Waals surface area contributed by atoms with Crippen molar-refractivity contribution in [1.82, 2.24) is 14.9 Å². The van der Waals surface area contributed by atoms with E-state index in [4.69, 9.17) is 5.73 Å². The minimum absolute atomic E-state index is 0.704. The van der Waals surface area contributed by atoms with Crippen LogP contribution in [-0.2, 0) is 6.42 Å². The van der Waals surface area contributed by atoms with Gasteiger partial charge in [-0.3, -0.25) is 4.90 Å².